The Morgan fingerprint density at radius 2 is 1.96 bits per heavy atom. The van der Waals surface area contributed by atoms with Gasteiger partial charge in [-0.2, -0.15) is 5.10 Å². The van der Waals surface area contributed by atoms with Crippen LogP contribution >= 0.6 is 0 Å². The molecule has 1 saturated heterocycles. The van der Waals surface area contributed by atoms with Crippen molar-refractivity contribution in [1.82, 2.24) is 20.1 Å². The molecule has 0 atom stereocenters. The minimum Gasteiger partial charge on any atom is -0.461 e. The number of aliphatic imine (C=N–C) groups is 1. The van der Waals surface area contributed by atoms with Crippen molar-refractivity contribution < 1.29 is 8.81 Å². The minimum atomic E-state index is -0.221. The Hall–Kier alpha value is -3.36. The van der Waals surface area contributed by atoms with Crippen LogP contribution in [-0.2, 0) is 6.42 Å². The molecule has 2 aromatic heterocycles. The van der Waals surface area contributed by atoms with E-state index in [0.29, 0.717) is 30.5 Å². The van der Waals surface area contributed by atoms with Crippen LogP contribution < -0.4 is 10.6 Å². The second kappa shape index (κ2) is 8.12. The fourth-order valence-electron chi connectivity index (χ4n) is 3.15. The standard InChI is InChI=1S/C19H22FN7O/c20-14-3-5-15(6-4-14)26-9-11-27(12-10-26)19(21)22-8-7-17-23-18(25-24-17)16-2-1-13-28-16/h1-6,13H,7-12H2,(H2,21,22)(H,23,24,25). The van der Waals surface area contributed by atoms with E-state index < -0.39 is 0 Å². The quantitative estimate of drug-likeness (QED) is 0.516. The van der Waals surface area contributed by atoms with Crippen LogP contribution in [0.3, 0.4) is 0 Å². The molecule has 1 aromatic carbocycles. The van der Waals surface area contributed by atoms with Gasteiger partial charge in [-0.15, -0.1) is 0 Å². The average molecular weight is 383 g/mol. The summed E-state index contributed by atoms with van der Waals surface area (Å²) in [5, 5.41) is 7.04. The van der Waals surface area contributed by atoms with Crippen LogP contribution in [0.15, 0.2) is 52.1 Å². The Morgan fingerprint density at radius 1 is 1.18 bits per heavy atom. The van der Waals surface area contributed by atoms with Crippen molar-refractivity contribution in [3.8, 4) is 11.6 Å². The van der Waals surface area contributed by atoms with Gasteiger partial charge in [0.1, 0.15) is 11.6 Å². The van der Waals surface area contributed by atoms with Gasteiger partial charge in [-0.25, -0.2) is 9.37 Å². The second-order valence-electron chi connectivity index (χ2n) is 6.52. The van der Waals surface area contributed by atoms with Gasteiger partial charge in [0.2, 0.25) is 5.82 Å². The van der Waals surface area contributed by atoms with Crippen LogP contribution in [-0.4, -0.2) is 58.8 Å². The molecule has 1 fully saturated rings. The third-order valence-corrected chi connectivity index (χ3v) is 4.69. The molecule has 0 saturated carbocycles. The normalized spacial score (nSPS) is 15.2. The molecule has 4 rings (SSSR count). The predicted molar refractivity (Wildman–Crippen MR) is 104 cm³/mol. The molecule has 0 aliphatic carbocycles. The van der Waals surface area contributed by atoms with E-state index in [1.807, 2.05) is 6.07 Å². The number of hydrogen-bond acceptors (Lipinski definition) is 5. The molecular formula is C19H22FN7O. The molecule has 0 bridgehead atoms. The smallest absolute Gasteiger partial charge is 0.216 e. The average Bonchev–Trinajstić information content (AvgIpc) is 3.40. The third-order valence-electron chi connectivity index (χ3n) is 4.69. The molecule has 146 valence electrons. The highest BCUT2D eigenvalue weighted by atomic mass is 19.1. The first-order chi connectivity index (χ1) is 13.7. The van der Waals surface area contributed by atoms with E-state index >= 15 is 0 Å². The van der Waals surface area contributed by atoms with Gasteiger partial charge in [-0.05, 0) is 36.4 Å². The van der Waals surface area contributed by atoms with Crippen molar-refractivity contribution in [3.05, 3.63) is 54.3 Å². The Labute approximate surface area is 161 Å². The molecule has 1 aliphatic heterocycles. The van der Waals surface area contributed by atoms with Gasteiger partial charge in [0.15, 0.2) is 11.7 Å². The lowest BCUT2D eigenvalue weighted by atomic mass is 10.2. The van der Waals surface area contributed by atoms with Gasteiger partial charge in [0.25, 0.3) is 0 Å². The summed E-state index contributed by atoms with van der Waals surface area (Å²) in [5.41, 5.74) is 7.17. The highest BCUT2D eigenvalue weighted by Crippen LogP contribution is 2.17. The number of guanidine groups is 1. The van der Waals surface area contributed by atoms with E-state index in [0.717, 1.165) is 37.7 Å². The van der Waals surface area contributed by atoms with Crippen LogP contribution in [0.5, 0.6) is 0 Å². The summed E-state index contributed by atoms with van der Waals surface area (Å²) >= 11 is 0. The van der Waals surface area contributed by atoms with E-state index in [9.17, 15) is 4.39 Å². The summed E-state index contributed by atoms with van der Waals surface area (Å²) < 4.78 is 18.3. The largest absolute Gasteiger partial charge is 0.461 e. The van der Waals surface area contributed by atoms with E-state index in [4.69, 9.17) is 10.2 Å². The summed E-state index contributed by atoms with van der Waals surface area (Å²) in [4.78, 5) is 13.1. The van der Waals surface area contributed by atoms with E-state index in [1.54, 1.807) is 24.5 Å². The topological polar surface area (TPSA) is 99.6 Å². The lowest BCUT2D eigenvalue weighted by molar-refractivity contribution is 0.381. The van der Waals surface area contributed by atoms with Crippen molar-refractivity contribution in [2.75, 3.05) is 37.6 Å². The number of nitrogens with zero attached hydrogens (tertiary/aromatic N) is 5. The Bertz CT molecular complexity index is 912. The number of benzene rings is 1. The summed E-state index contributed by atoms with van der Waals surface area (Å²) in [6.07, 6.45) is 2.20. The van der Waals surface area contributed by atoms with Crippen molar-refractivity contribution in [3.63, 3.8) is 0 Å². The zero-order chi connectivity index (χ0) is 19.3. The summed E-state index contributed by atoms with van der Waals surface area (Å²) in [5.74, 6) is 2.22. The van der Waals surface area contributed by atoms with Crippen LogP contribution in [0.2, 0.25) is 0 Å². The first-order valence-electron chi connectivity index (χ1n) is 9.19. The van der Waals surface area contributed by atoms with Gasteiger partial charge in [0, 0.05) is 44.8 Å². The van der Waals surface area contributed by atoms with Gasteiger partial charge in [-0.3, -0.25) is 10.1 Å². The Morgan fingerprint density at radius 3 is 2.68 bits per heavy atom. The monoisotopic (exact) mass is 383 g/mol. The molecule has 0 amide bonds. The first kappa shape index (κ1) is 18.0. The molecule has 3 aromatic rings. The van der Waals surface area contributed by atoms with Crippen molar-refractivity contribution >= 4 is 11.6 Å². The predicted octanol–water partition coefficient (Wildman–Crippen LogP) is 1.88. The number of hydrogen-bond donors (Lipinski definition) is 2. The molecule has 0 spiro atoms. The van der Waals surface area contributed by atoms with Gasteiger partial charge >= 0.3 is 0 Å². The number of nitrogens with one attached hydrogen (secondary N) is 1. The molecular weight excluding hydrogens is 361 g/mol. The van der Waals surface area contributed by atoms with E-state index in [1.165, 1.54) is 12.1 Å². The van der Waals surface area contributed by atoms with E-state index in [2.05, 4.69) is 30.0 Å². The number of furan rings is 1. The van der Waals surface area contributed by atoms with Crippen molar-refractivity contribution in [2.24, 2.45) is 10.7 Å². The molecule has 9 heteroatoms. The van der Waals surface area contributed by atoms with Crippen LogP contribution in [0.25, 0.3) is 11.6 Å². The highest BCUT2D eigenvalue weighted by molar-refractivity contribution is 5.78. The number of halogens is 1. The second-order valence-corrected chi connectivity index (χ2v) is 6.52. The summed E-state index contributed by atoms with van der Waals surface area (Å²) in [6, 6.07) is 10.2. The van der Waals surface area contributed by atoms with Crippen LogP contribution in [0.4, 0.5) is 10.1 Å². The van der Waals surface area contributed by atoms with Crippen molar-refractivity contribution in [2.45, 2.75) is 6.42 Å². The van der Waals surface area contributed by atoms with E-state index in [-0.39, 0.29) is 5.82 Å². The fraction of sp³-hybridized carbons (Fsp3) is 0.316. The number of aromatic nitrogens is 3. The number of rotatable bonds is 5. The zero-order valence-corrected chi connectivity index (χ0v) is 15.4. The van der Waals surface area contributed by atoms with Crippen LogP contribution in [0.1, 0.15) is 5.82 Å². The lowest BCUT2D eigenvalue weighted by Crippen LogP contribution is -2.51. The Kier molecular flexibility index (Phi) is 5.22. The highest BCUT2D eigenvalue weighted by Gasteiger charge is 2.18. The fourth-order valence-corrected chi connectivity index (χ4v) is 3.15. The molecule has 28 heavy (non-hydrogen) atoms. The molecule has 0 radical (unpaired) electrons. The summed E-state index contributed by atoms with van der Waals surface area (Å²) in [6.45, 7) is 3.71. The molecule has 3 heterocycles. The minimum absolute atomic E-state index is 0.221. The Balaban J connectivity index is 1.26. The van der Waals surface area contributed by atoms with Crippen molar-refractivity contribution in [1.29, 1.82) is 0 Å². The number of anilines is 1. The maximum absolute atomic E-state index is 13.1. The number of piperazine rings is 1. The number of H-pyrrole nitrogens is 1. The molecule has 0 unspecified atom stereocenters. The molecule has 8 nitrogen and oxygen atoms in total. The number of aromatic amines is 1. The summed E-state index contributed by atoms with van der Waals surface area (Å²) in [7, 11) is 0. The number of nitrogens with two attached hydrogens (primary N) is 1. The lowest BCUT2D eigenvalue weighted by Gasteiger charge is -2.36. The maximum Gasteiger partial charge on any atom is 0.216 e. The molecule has 1 aliphatic rings. The van der Waals surface area contributed by atoms with Gasteiger partial charge < -0.3 is 20.0 Å². The van der Waals surface area contributed by atoms with Crippen LogP contribution in [0, 0.1) is 5.82 Å². The van der Waals surface area contributed by atoms with Gasteiger partial charge in [0.05, 0.1) is 6.26 Å². The van der Waals surface area contributed by atoms with Gasteiger partial charge in [-0.1, -0.05) is 0 Å². The maximum atomic E-state index is 13.1. The first-order valence-corrected chi connectivity index (χ1v) is 9.19. The molecule has 3 N–H and O–H groups in total. The third kappa shape index (κ3) is 4.13. The zero-order valence-electron chi connectivity index (χ0n) is 15.4. The SMILES string of the molecule is NC(=NCCc1nc(-c2ccco2)n[nH]1)N1CCN(c2ccc(F)cc2)CC1.